The molecule has 1 aromatic carbocycles. The van der Waals surface area contributed by atoms with Crippen LogP contribution in [0.4, 0.5) is 0 Å². The number of hydrogen-bond donors (Lipinski definition) is 0. The average Bonchev–Trinajstić information content (AvgIpc) is 2.82. The average molecular weight is 425 g/mol. The summed E-state index contributed by atoms with van der Waals surface area (Å²) in [7, 11) is 0. The number of rotatable bonds is 8. The van der Waals surface area contributed by atoms with Gasteiger partial charge in [0, 0.05) is 45.0 Å². The van der Waals surface area contributed by atoms with Crippen molar-refractivity contribution in [1.82, 2.24) is 19.8 Å². The van der Waals surface area contributed by atoms with Gasteiger partial charge in [-0.15, -0.1) is 0 Å². The first-order chi connectivity index (χ1) is 15.1. The molecule has 0 bridgehead atoms. The number of hydrogen-bond acceptors (Lipinski definition) is 6. The monoisotopic (exact) mass is 424 g/mol. The Labute approximate surface area is 182 Å². The van der Waals surface area contributed by atoms with Gasteiger partial charge in [0.05, 0.1) is 18.7 Å². The van der Waals surface area contributed by atoms with E-state index in [0.29, 0.717) is 26.2 Å². The number of ether oxygens (including phenoxy) is 1. The molecular formula is C23H28N4O4. The third-order valence-electron chi connectivity index (χ3n) is 5.28. The third-order valence-corrected chi connectivity index (χ3v) is 5.28. The molecule has 0 radical (unpaired) electrons. The Bertz CT molecular complexity index is 876. The van der Waals surface area contributed by atoms with E-state index in [4.69, 9.17) is 4.74 Å². The molecule has 164 valence electrons. The largest absolute Gasteiger partial charge is 0.466 e. The number of benzene rings is 1. The molecule has 2 heterocycles. The molecular weight excluding hydrogens is 396 g/mol. The van der Waals surface area contributed by atoms with Crippen LogP contribution in [-0.4, -0.2) is 63.8 Å². The maximum Gasteiger partial charge on any atom is 0.310 e. The lowest BCUT2D eigenvalue weighted by Gasteiger charge is -2.32. The number of carbonyl (C=O) groups is 3. The molecule has 2 aromatic rings. The van der Waals surface area contributed by atoms with Crippen LogP contribution in [0.1, 0.15) is 42.2 Å². The van der Waals surface area contributed by atoms with Crippen LogP contribution >= 0.6 is 0 Å². The zero-order valence-electron chi connectivity index (χ0n) is 17.8. The van der Waals surface area contributed by atoms with Gasteiger partial charge in [-0.05, 0) is 25.3 Å². The Balaban J connectivity index is 1.64. The molecule has 2 amide bonds. The van der Waals surface area contributed by atoms with Gasteiger partial charge in [0.15, 0.2) is 0 Å². The van der Waals surface area contributed by atoms with Crippen LogP contribution in [0.2, 0.25) is 0 Å². The minimum Gasteiger partial charge on any atom is -0.466 e. The van der Waals surface area contributed by atoms with E-state index in [-0.39, 0.29) is 42.4 Å². The minimum atomic E-state index is -0.278. The number of nitrogens with zero attached hydrogens (tertiary/aromatic N) is 4. The number of likely N-dealkylation sites (tertiary alicyclic amines) is 1. The molecule has 1 atom stereocenters. The van der Waals surface area contributed by atoms with E-state index in [0.717, 1.165) is 18.4 Å². The summed E-state index contributed by atoms with van der Waals surface area (Å²) >= 11 is 0. The highest BCUT2D eigenvalue weighted by Gasteiger charge is 2.29. The highest BCUT2D eigenvalue weighted by Crippen LogP contribution is 2.19. The fourth-order valence-corrected chi connectivity index (χ4v) is 3.67. The van der Waals surface area contributed by atoms with Gasteiger partial charge in [0.2, 0.25) is 5.91 Å². The lowest BCUT2D eigenvalue weighted by Crippen LogP contribution is -2.44. The zero-order chi connectivity index (χ0) is 22.1. The molecule has 1 unspecified atom stereocenters. The Morgan fingerprint density at radius 1 is 1.19 bits per heavy atom. The van der Waals surface area contributed by atoms with Crippen molar-refractivity contribution in [2.45, 2.75) is 32.7 Å². The standard InChI is InChI=1S/C23H28N4O4/c1-2-31-23(30)19-9-6-13-26(17-19)21(28)10-14-27(16-18-7-4-3-5-8-18)22(29)20-15-24-11-12-25-20/h3-5,7-8,11-12,15,19H,2,6,9-10,13-14,16-17H2,1H3. The van der Waals surface area contributed by atoms with Crippen molar-refractivity contribution in [3.05, 3.63) is 60.2 Å². The van der Waals surface area contributed by atoms with Gasteiger partial charge in [-0.1, -0.05) is 30.3 Å². The number of esters is 1. The normalized spacial score (nSPS) is 15.9. The fourth-order valence-electron chi connectivity index (χ4n) is 3.67. The topological polar surface area (TPSA) is 92.7 Å². The first-order valence-electron chi connectivity index (χ1n) is 10.6. The molecule has 0 aliphatic carbocycles. The van der Waals surface area contributed by atoms with Crippen molar-refractivity contribution in [2.24, 2.45) is 5.92 Å². The predicted molar refractivity (Wildman–Crippen MR) is 114 cm³/mol. The molecule has 3 rings (SSSR count). The lowest BCUT2D eigenvalue weighted by molar-refractivity contribution is -0.151. The smallest absolute Gasteiger partial charge is 0.310 e. The highest BCUT2D eigenvalue weighted by atomic mass is 16.5. The summed E-state index contributed by atoms with van der Waals surface area (Å²) in [5, 5.41) is 0. The maximum atomic E-state index is 13.0. The quantitative estimate of drug-likeness (QED) is 0.604. The molecule has 1 fully saturated rings. The summed E-state index contributed by atoms with van der Waals surface area (Å²) in [6.45, 7) is 3.72. The highest BCUT2D eigenvalue weighted by molar-refractivity contribution is 5.92. The van der Waals surface area contributed by atoms with Crippen molar-refractivity contribution in [1.29, 1.82) is 0 Å². The van der Waals surface area contributed by atoms with Crippen LogP contribution in [-0.2, 0) is 20.9 Å². The SMILES string of the molecule is CCOC(=O)C1CCCN(C(=O)CCN(Cc2ccccc2)C(=O)c2cnccn2)C1. The summed E-state index contributed by atoms with van der Waals surface area (Å²) in [6.07, 6.45) is 6.08. The van der Waals surface area contributed by atoms with Crippen LogP contribution in [0.5, 0.6) is 0 Å². The molecule has 8 nitrogen and oxygen atoms in total. The van der Waals surface area contributed by atoms with Gasteiger partial charge >= 0.3 is 5.97 Å². The predicted octanol–water partition coefficient (Wildman–Crippen LogP) is 2.31. The summed E-state index contributed by atoms with van der Waals surface area (Å²) < 4.78 is 5.11. The van der Waals surface area contributed by atoms with E-state index >= 15 is 0 Å². The molecule has 31 heavy (non-hydrogen) atoms. The van der Waals surface area contributed by atoms with Gasteiger partial charge in [0.25, 0.3) is 5.91 Å². The molecule has 1 aromatic heterocycles. The van der Waals surface area contributed by atoms with Crippen LogP contribution in [0.15, 0.2) is 48.9 Å². The van der Waals surface area contributed by atoms with Crippen LogP contribution in [0.3, 0.4) is 0 Å². The van der Waals surface area contributed by atoms with Gasteiger partial charge in [-0.3, -0.25) is 19.4 Å². The summed E-state index contributed by atoms with van der Waals surface area (Å²) in [4.78, 5) is 49.3. The molecule has 8 heteroatoms. The van der Waals surface area contributed by atoms with Crippen molar-refractivity contribution in [3.63, 3.8) is 0 Å². The van der Waals surface area contributed by atoms with E-state index in [1.165, 1.54) is 18.6 Å². The first kappa shape index (κ1) is 22.4. The second kappa shape index (κ2) is 11.2. The Morgan fingerprint density at radius 2 is 2.00 bits per heavy atom. The minimum absolute atomic E-state index is 0.0704. The fraction of sp³-hybridized carbons (Fsp3) is 0.435. The summed E-state index contributed by atoms with van der Waals surface area (Å²) in [6, 6.07) is 9.61. The molecule has 1 saturated heterocycles. The second-order valence-electron chi connectivity index (χ2n) is 7.48. The Hall–Kier alpha value is -3.29. The number of aromatic nitrogens is 2. The van der Waals surface area contributed by atoms with E-state index in [1.807, 2.05) is 30.3 Å². The number of carbonyl (C=O) groups excluding carboxylic acids is 3. The van der Waals surface area contributed by atoms with E-state index in [1.54, 1.807) is 16.7 Å². The zero-order valence-corrected chi connectivity index (χ0v) is 17.8. The number of piperidine rings is 1. The van der Waals surface area contributed by atoms with Crippen molar-refractivity contribution < 1.29 is 19.1 Å². The van der Waals surface area contributed by atoms with E-state index < -0.39 is 0 Å². The van der Waals surface area contributed by atoms with Crippen molar-refractivity contribution >= 4 is 17.8 Å². The second-order valence-corrected chi connectivity index (χ2v) is 7.48. The van der Waals surface area contributed by atoms with Gasteiger partial charge < -0.3 is 14.5 Å². The van der Waals surface area contributed by atoms with Crippen molar-refractivity contribution in [3.8, 4) is 0 Å². The molecule has 0 saturated carbocycles. The van der Waals surface area contributed by atoms with Crippen LogP contribution in [0.25, 0.3) is 0 Å². The molecule has 0 spiro atoms. The van der Waals surface area contributed by atoms with E-state index in [2.05, 4.69) is 9.97 Å². The maximum absolute atomic E-state index is 13.0. The van der Waals surface area contributed by atoms with E-state index in [9.17, 15) is 14.4 Å². The van der Waals surface area contributed by atoms with Gasteiger partial charge in [0.1, 0.15) is 5.69 Å². The Morgan fingerprint density at radius 3 is 2.71 bits per heavy atom. The van der Waals surface area contributed by atoms with Gasteiger partial charge in [-0.25, -0.2) is 4.98 Å². The lowest BCUT2D eigenvalue weighted by atomic mass is 9.98. The van der Waals surface area contributed by atoms with Crippen LogP contribution in [0, 0.1) is 5.92 Å². The third kappa shape index (κ3) is 6.34. The first-order valence-corrected chi connectivity index (χ1v) is 10.6. The Kier molecular flexibility index (Phi) is 8.09. The molecule has 1 aliphatic rings. The number of amides is 2. The molecule has 1 aliphatic heterocycles. The summed E-state index contributed by atoms with van der Waals surface area (Å²) in [5.41, 5.74) is 1.21. The molecule has 0 N–H and O–H groups in total. The van der Waals surface area contributed by atoms with Crippen molar-refractivity contribution in [2.75, 3.05) is 26.2 Å². The summed E-state index contributed by atoms with van der Waals surface area (Å²) in [5.74, 6) is -0.866. The van der Waals surface area contributed by atoms with Gasteiger partial charge in [-0.2, -0.15) is 0 Å². The van der Waals surface area contributed by atoms with Crippen LogP contribution < -0.4 is 0 Å².